The third kappa shape index (κ3) is 17.0. The summed E-state index contributed by atoms with van der Waals surface area (Å²) in [7, 11) is -5.36. The highest BCUT2D eigenvalue weighted by Crippen LogP contribution is 2.36. The topological polar surface area (TPSA) is 475 Å². The highest BCUT2D eigenvalue weighted by atomic mass is 31.2. The maximum absolute atomic E-state index is 14.5. The van der Waals surface area contributed by atoms with Crippen LogP contribution in [0, 0.1) is 0 Å². The SMILES string of the molecule is C[C@@H](O)[C@H](NC(=O)[C@@H](N)CO)C(=O)N[C@@H](Cc1ccc(O)cc1)C(=O)N1CCC[C@H]1C(=O)N[C@@H](Cc1cnc[nH]1)C(=O)N[C@@H](COP(=O)(O)O)C(=O)N1CCC[C@H]1C(=O)N[C@H](C(=O)N[C@@H](CO)C(=O)O)[C@@H](C)O. The molecule has 8 amide bonds. The van der Waals surface area contributed by atoms with E-state index in [0.29, 0.717) is 5.56 Å². The molecule has 17 N–H and O–H groups in total. The molecule has 1 aromatic carbocycles. The van der Waals surface area contributed by atoms with Gasteiger partial charge in [-0.3, -0.25) is 42.9 Å². The molecule has 2 aliphatic heterocycles. The molecule has 73 heavy (non-hydrogen) atoms. The van der Waals surface area contributed by atoms with Gasteiger partial charge in [-0.05, 0) is 57.2 Å². The van der Waals surface area contributed by atoms with E-state index in [1.165, 1.54) is 43.7 Å². The van der Waals surface area contributed by atoms with Gasteiger partial charge in [-0.1, -0.05) is 12.1 Å². The summed E-state index contributed by atoms with van der Waals surface area (Å²) < 4.78 is 16.5. The van der Waals surface area contributed by atoms with Crippen molar-refractivity contribution in [1.29, 1.82) is 0 Å². The number of phosphoric ester groups is 1. The number of carbonyl (C=O) groups excluding carboxylic acids is 8. The number of rotatable bonds is 26. The largest absolute Gasteiger partial charge is 0.508 e. The van der Waals surface area contributed by atoms with E-state index < -0.39 is 147 Å². The fourth-order valence-electron chi connectivity index (χ4n) is 7.90. The van der Waals surface area contributed by atoms with Crippen LogP contribution in [0.5, 0.6) is 5.75 Å². The molecule has 0 aliphatic carbocycles. The number of phenolic OH excluding ortho intramolecular Hbond substituents is 1. The molecule has 2 aromatic rings. The van der Waals surface area contributed by atoms with Crippen molar-refractivity contribution in [2.24, 2.45) is 5.73 Å². The quantitative estimate of drug-likeness (QED) is 0.0389. The molecule has 404 valence electrons. The van der Waals surface area contributed by atoms with E-state index in [0.717, 1.165) is 16.7 Å². The van der Waals surface area contributed by atoms with E-state index in [4.69, 9.17) is 5.73 Å². The van der Waals surface area contributed by atoms with Gasteiger partial charge in [0.25, 0.3) is 0 Å². The van der Waals surface area contributed by atoms with E-state index in [2.05, 4.69) is 41.1 Å². The number of nitrogens with zero attached hydrogens (tertiary/aromatic N) is 3. The molecule has 0 saturated carbocycles. The third-order valence-corrected chi connectivity index (χ3v) is 12.2. The Morgan fingerprint density at radius 2 is 1.25 bits per heavy atom. The van der Waals surface area contributed by atoms with Crippen molar-refractivity contribution >= 4 is 61.0 Å². The Kier molecular flexibility index (Phi) is 21.7. The first kappa shape index (κ1) is 58.9. The number of aliphatic carboxylic acids is 1. The molecule has 0 spiro atoms. The van der Waals surface area contributed by atoms with Gasteiger partial charge in [0, 0.05) is 37.8 Å². The number of aliphatic hydroxyl groups is 4. The number of aromatic amines is 1. The maximum atomic E-state index is 14.5. The Morgan fingerprint density at radius 1 is 0.726 bits per heavy atom. The lowest BCUT2D eigenvalue weighted by Gasteiger charge is -2.32. The second-order valence-electron chi connectivity index (χ2n) is 17.3. The van der Waals surface area contributed by atoms with Crippen LogP contribution < -0.4 is 37.6 Å². The monoisotopic (exact) mass is 1060 g/mol. The minimum absolute atomic E-state index is 0.0239. The van der Waals surface area contributed by atoms with Crippen LogP contribution in [0.3, 0.4) is 0 Å². The fourth-order valence-corrected chi connectivity index (χ4v) is 8.24. The van der Waals surface area contributed by atoms with Gasteiger partial charge in [-0.25, -0.2) is 14.3 Å². The molecule has 2 saturated heterocycles. The van der Waals surface area contributed by atoms with Crippen molar-refractivity contribution in [3.63, 3.8) is 0 Å². The summed E-state index contributed by atoms with van der Waals surface area (Å²) in [5, 5.41) is 72.3. The Bertz CT molecular complexity index is 2320. The number of phenols is 1. The van der Waals surface area contributed by atoms with Gasteiger partial charge in [0.05, 0.1) is 38.4 Å². The minimum Gasteiger partial charge on any atom is -0.508 e. The first-order chi connectivity index (χ1) is 34.3. The number of amides is 8. The van der Waals surface area contributed by atoms with E-state index in [9.17, 15) is 88.1 Å². The predicted molar refractivity (Wildman–Crippen MR) is 246 cm³/mol. The fraction of sp³-hybridized carbons (Fsp3) is 0.571. The third-order valence-electron chi connectivity index (χ3n) is 11.8. The number of carboxylic acid groups (broad SMARTS) is 1. The molecule has 1 aromatic heterocycles. The van der Waals surface area contributed by atoms with Crippen LogP contribution in [0.1, 0.15) is 50.8 Å². The number of carbonyl (C=O) groups is 9. The second kappa shape index (κ2) is 26.9. The first-order valence-corrected chi connectivity index (χ1v) is 24.3. The van der Waals surface area contributed by atoms with Crippen LogP contribution in [-0.4, -0.2) is 213 Å². The summed E-state index contributed by atoms with van der Waals surface area (Å²) in [5.41, 5.74) is 6.25. The molecular formula is C42H62N11O19P. The number of hydrogen-bond acceptors (Lipinski definition) is 18. The molecule has 2 fully saturated rings. The smallest absolute Gasteiger partial charge is 0.469 e. The Hall–Kier alpha value is -6.63. The number of phosphoric acid groups is 1. The van der Waals surface area contributed by atoms with Gasteiger partial charge in [0.2, 0.25) is 47.3 Å². The van der Waals surface area contributed by atoms with Crippen LogP contribution in [-0.2, 0) is 65.1 Å². The van der Waals surface area contributed by atoms with Crippen LogP contribution in [0.2, 0.25) is 0 Å². The number of imidazole rings is 1. The summed E-state index contributed by atoms with van der Waals surface area (Å²) in [6.07, 6.45) is -0.881. The summed E-state index contributed by atoms with van der Waals surface area (Å²) in [6, 6.07) is -9.03. The second-order valence-corrected chi connectivity index (χ2v) is 18.6. The van der Waals surface area contributed by atoms with Crippen molar-refractivity contribution in [1.82, 2.24) is 51.7 Å². The number of aromatic hydroxyl groups is 1. The number of aliphatic hydroxyl groups excluding tert-OH is 4. The molecule has 4 rings (SSSR count). The van der Waals surface area contributed by atoms with Crippen LogP contribution in [0.15, 0.2) is 36.8 Å². The number of carboxylic acids is 1. The van der Waals surface area contributed by atoms with Gasteiger partial charge in [0.15, 0.2) is 0 Å². The number of H-pyrrole nitrogens is 1. The van der Waals surface area contributed by atoms with Crippen molar-refractivity contribution in [2.45, 2.75) is 119 Å². The molecule has 3 heterocycles. The molecule has 30 nitrogen and oxygen atoms in total. The van der Waals surface area contributed by atoms with Crippen molar-refractivity contribution in [3.8, 4) is 5.75 Å². The summed E-state index contributed by atoms with van der Waals surface area (Å²) >= 11 is 0. The molecule has 11 atom stereocenters. The van der Waals surface area contributed by atoms with Crippen molar-refractivity contribution < 1.29 is 92.7 Å². The van der Waals surface area contributed by atoms with Gasteiger partial charge >= 0.3 is 13.8 Å². The highest BCUT2D eigenvalue weighted by Gasteiger charge is 2.43. The van der Waals surface area contributed by atoms with Crippen LogP contribution >= 0.6 is 7.82 Å². The Morgan fingerprint density at radius 3 is 1.74 bits per heavy atom. The summed E-state index contributed by atoms with van der Waals surface area (Å²) in [5.74, 6) is -10.0. The Balaban J connectivity index is 1.59. The number of aromatic nitrogens is 2. The lowest BCUT2D eigenvalue weighted by Crippen LogP contribution is -2.62. The van der Waals surface area contributed by atoms with Crippen LogP contribution in [0.25, 0.3) is 0 Å². The number of hydrogen-bond donors (Lipinski definition) is 16. The first-order valence-electron chi connectivity index (χ1n) is 22.8. The molecule has 0 radical (unpaired) electrons. The Labute approximate surface area is 416 Å². The normalized spacial score (nSPS) is 19.4. The average molecular weight is 1060 g/mol. The maximum Gasteiger partial charge on any atom is 0.469 e. The molecule has 0 bridgehead atoms. The minimum atomic E-state index is -5.36. The number of likely N-dealkylation sites (tertiary alicyclic amines) is 2. The van der Waals surface area contributed by atoms with E-state index >= 15 is 0 Å². The predicted octanol–water partition coefficient (Wildman–Crippen LogP) is -6.94. The lowest BCUT2D eigenvalue weighted by atomic mass is 10.0. The van der Waals surface area contributed by atoms with E-state index in [1.54, 1.807) is 0 Å². The van der Waals surface area contributed by atoms with E-state index in [1.807, 2.05) is 5.32 Å². The van der Waals surface area contributed by atoms with E-state index in [-0.39, 0.29) is 63.1 Å². The average Bonchev–Trinajstić information content (AvgIpc) is 4.15. The standard InChI is InChI=1S/C42H62N11O19P/c1-20(56)32(50-34(59)25(43)16-54)38(63)47-27(13-22-7-9-24(58)10-8-22)40(65)52-11-3-5-30(52)36(61)46-26(14-23-15-44-19-45-23)35(60)49-29(18-72-73(69,70)71)41(66)53-12-4-6-31(53)37(62)51-33(21(2)57)39(64)48-28(17-55)42(67)68/h7-10,15,19-21,25-33,54-58H,3-6,11-14,16-18,43H2,1-2H3,(H,44,45)(H,46,61)(H,47,63)(H,48,64)(H,49,60)(H,50,59)(H,51,62)(H,67,68)(H2,69,70,71)/t20-,21-,25+,26+,27+,28+,29+,30+,31+,32+,33+/m1/s1. The summed E-state index contributed by atoms with van der Waals surface area (Å²) in [6.45, 7) is -0.975. The highest BCUT2D eigenvalue weighted by molar-refractivity contribution is 7.46. The van der Waals surface area contributed by atoms with Gasteiger partial charge in [-0.15, -0.1) is 0 Å². The van der Waals surface area contributed by atoms with Gasteiger partial charge in [-0.2, -0.15) is 0 Å². The number of benzene rings is 1. The molecule has 2 aliphatic rings. The van der Waals surface area contributed by atoms with Crippen molar-refractivity contribution in [2.75, 3.05) is 32.9 Å². The molecular weight excluding hydrogens is 993 g/mol. The zero-order valence-corrected chi connectivity index (χ0v) is 40.4. The summed E-state index contributed by atoms with van der Waals surface area (Å²) in [4.78, 5) is 149. The molecule has 0 unspecified atom stereocenters. The number of nitrogens with two attached hydrogens (primary N) is 1. The zero-order chi connectivity index (χ0) is 54.3. The zero-order valence-electron chi connectivity index (χ0n) is 39.5. The van der Waals surface area contributed by atoms with Gasteiger partial charge in [0.1, 0.15) is 60.1 Å². The molecule has 31 heteroatoms. The number of nitrogens with one attached hydrogen (secondary N) is 7. The van der Waals surface area contributed by atoms with Gasteiger partial charge < -0.3 is 92.8 Å². The lowest BCUT2D eigenvalue weighted by molar-refractivity contribution is -0.145. The van der Waals surface area contributed by atoms with Crippen molar-refractivity contribution in [3.05, 3.63) is 48.0 Å². The van der Waals surface area contributed by atoms with Crippen LogP contribution in [0.4, 0.5) is 0 Å².